The van der Waals surface area contributed by atoms with E-state index in [9.17, 15) is 166 Å². The highest BCUT2D eigenvalue weighted by Gasteiger charge is 2.42. The predicted molar refractivity (Wildman–Crippen MR) is 492 cm³/mol. The van der Waals surface area contributed by atoms with Gasteiger partial charge in [0.25, 0.3) is 0 Å². The van der Waals surface area contributed by atoms with E-state index in [-0.39, 0.29) is 41.8 Å². The van der Waals surface area contributed by atoms with Crippen LogP contribution in [-0.2, 0) is 128 Å². The number of hydrogen-bond donors (Lipinski definition) is 31. The van der Waals surface area contributed by atoms with Crippen LogP contribution in [0, 0.1) is 0 Å². The van der Waals surface area contributed by atoms with Crippen LogP contribution in [0.1, 0.15) is 124 Å². The molecule has 1 aromatic heterocycles. The molecule has 0 saturated heterocycles. The number of carbonyl (C=O) groups excluding carboxylic acids is 19. The molecule has 34 N–H and O–H groups in total. The molecule has 0 spiro atoms. The number of aliphatic hydroxyl groups excluding tert-OH is 4. The number of aromatic hydroxyl groups is 1. The number of nitrogens with one attached hydrogen (secondary N) is 18. The number of aromatic amines is 1. The lowest BCUT2D eigenvalue weighted by atomic mass is 10.0. The molecule has 0 radical (unpaired) electrons. The van der Waals surface area contributed by atoms with Crippen molar-refractivity contribution in [2.24, 2.45) is 17.2 Å². The second kappa shape index (κ2) is 60.6. The first-order valence-electron chi connectivity index (χ1n) is 42.8. The van der Waals surface area contributed by atoms with E-state index in [1.807, 2.05) is 16.0 Å². The quantitative estimate of drug-likeness (QED) is 0.0184. The van der Waals surface area contributed by atoms with Crippen molar-refractivity contribution < 1.29 is 166 Å². The first-order valence-corrected chi connectivity index (χ1v) is 46.3. The molecule has 19 amide bonds. The lowest BCUT2D eigenvalue weighted by molar-refractivity contribution is -0.145. The second-order valence-corrected chi connectivity index (χ2v) is 34.8. The number of aliphatic carboxylic acids is 5. The smallest absolute Gasteiger partial charge is 0.328 e. The number of carboxylic acid groups (broad SMARTS) is 5. The normalized spacial score (nSPS) is 15.1. The third-order valence-corrected chi connectivity index (χ3v) is 22.7. The first-order chi connectivity index (χ1) is 65.6. The number of fused-ring (bicyclic) bond motifs is 1. The maximum absolute atomic E-state index is 14.6. The van der Waals surface area contributed by atoms with E-state index in [0.717, 1.165) is 72.0 Å². The van der Waals surface area contributed by atoms with Gasteiger partial charge >= 0.3 is 29.8 Å². The Morgan fingerprint density at radius 2 is 0.643 bits per heavy atom. The molecule has 0 aliphatic rings. The van der Waals surface area contributed by atoms with E-state index in [4.69, 9.17) is 17.2 Å². The van der Waals surface area contributed by atoms with Crippen LogP contribution < -0.4 is 108 Å². The number of thioether (sulfide) groups is 3. The van der Waals surface area contributed by atoms with Crippen LogP contribution in [0.3, 0.4) is 0 Å². The van der Waals surface area contributed by atoms with E-state index >= 15 is 0 Å². The number of carboxylic acids is 5. The minimum atomic E-state index is -2.37. The van der Waals surface area contributed by atoms with Crippen molar-refractivity contribution >= 4 is 188 Å². The zero-order valence-electron chi connectivity index (χ0n) is 76.6. The molecule has 0 fully saturated rings. The van der Waals surface area contributed by atoms with E-state index in [1.165, 1.54) is 30.5 Å². The highest BCUT2D eigenvalue weighted by Crippen LogP contribution is 2.22. The SMILES string of the molecule is CC(=O)NCSC[C@H](NC(=O)[C@H](CC(N)=O)NC(=O)[C@H](CC(=O)O)NC(=O)[C@@H](NC(=O)[C@H](CCC(N)=O)NC(=O)[C@H](Cc1c[nH]c2ccccc12)NC(=O)[C@@H](N)CCC(=O)O)[C@@H](C)O)C(=O)N[C@@H](CCC(=O)O)C(=O)N[C@H](C(=O)N[C@@H](CSCNC(C)=O)C(=O)N[C@H](C(=O)N[C@@H](CSCNC(C)=O)C(=O)N[C@@H](Cc1ccc(O)cc1)C(=O)N[C@@H](CCC(=O)O)C(=O)N[C@H](C(=O)O)[C@@H](C)O)[C@@H](C)O)[C@@H](C)O. The molecule has 0 aliphatic carbocycles. The van der Waals surface area contributed by atoms with Gasteiger partial charge in [-0.05, 0) is 82.7 Å². The van der Waals surface area contributed by atoms with Gasteiger partial charge in [0.05, 0.1) is 60.9 Å². The molecule has 2 aromatic carbocycles. The van der Waals surface area contributed by atoms with Gasteiger partial charge in [-0.3, -0.25) is 110 Å². The molecule has 3 aromatic rings. The Kier molecular flexibility index (Phi) is 52.0. The minimum absolute atomic E-state index is 0.204. The topological polar surface area (TPSA) is 910 Å². The van der Waals surface area contributed by atoms with Gasteiger partial charge in [-0.15, -0.1) is 35.3 Å². The molecule has 140 heavy (non-hydrogen) atoms. The highest BCUT2D eigenvalue weighted by atomic mass is 32.2. The Hall–Kier alpha value is -14.1. The number of carbonyl (C=O) groups is 24. The fraction of sp³-hybridized carbons (Fsp3) is 0.537. The summed E-state index contributed by atoms with van der Waals surface area (Å²) >= 11 is 2.18. The Bertz CT molecular complexity index is 4910. The average Bonchev–Trinajstić information content (AvgIpc) is 1.66. The molecule has 0 saturated carbocycles. The molecular weight excluding hydrogens is 1920 g/mol. The van der Waals surface area contributed by atoms with Crippen LogP contribution in [-0.4, -0.2) is 348 Å². The van der Waals surface area contributed by atoms with Crippen molar-refractivity contribution in [3.63, 3.8) is 0 Å². The van der Waals surface area contributed by atoms with Crippen molar-refractivity contribution in [2.45, 2.75) is 241 Å². The summed E-state index contributed by atoms with van der Waals surface area (Å²) in [4.78, 5) is 324. The first kappa shape index (κ1) is 120. The summed E-state index contributed by atoms with van der Waals surface area (Å²) in [6.45, 7) is 7.11. The van der Waals surface area contributed by atoms with Gasteiger partial charge in [0.1, 0.15) is 84.3 Å². The second-order valence-electron chi connectivity index (χ2n) is 31.7. The third kappa shape index (κ3) is 44.6. The summed E-state index contributed by atoms with van der Waals surface area (Å²) < 4.78 is 0. The van der Waals surface area contributed by atoms with E-state index in [1.54, 1.807) is 24.3 Å². The summed E-state index contributed by atoms with van der Waals surface area (Å²) in [5, 5.41) is 140. The molecule has 0 unspecified atom stereocenters. The molecule has 19 atom stereocenters. The van der Waals surface area contributed by atoms with Crippen molar-refractivity contribution in [1.29, 1.82) is 0 Å². The number of aromatic nitrogens is 1. The Labute approximate surface area is 810 Å². The van der Waals surface area contributed by atoms with Gasteiger partial charge in [0, 0.05) is 93.7 Å². The average molecular weight is 2040 g/mol. The molecule has 0 aliphatic heterocycles. The monoisotopic (exact) mass is 2040 g/mol. The number of primary amides is 2. The molecular formula is C82H119N21O34S3. The van der Waals surface area contributed by atoms with Gasteiger partial charge in [-0.2, -0.15) is 0 Å². The maximum Gasteiger partial charge on any atom is 0.328 e. The van der Waals surface area contributed by atoms with Crippen molar-refractivity contribution in [3.05, 3.63) is 65.9 Å². The predicted octanol–water partition coefficient (Wildman–Crippen LogP) is -10.9. The van der Waals surface area contributed by atoms with Crippen molar-refractivity contribution in [3.8, 4) is 5.75 Å². The molecule has 3 rings (SSSR count). The maximum atomic E-state index is 14.6. The number of phenolic OH excluding ortho intramolecular Hbond substituents is 1. The standard InChI is InChI=1S/C82H119N21O34S3/c1-35(104)64(100-69(123)48(17-20-58(84)112)90-73(127)52(93-68(122)46(83)16-21-60(114)115)25-43-28-86-47-11-9-8-10-45(43)47)79(133)96-54(27-63(120)121)75(129)95-53(26-59(85)113)74(128)97-55(29-138-32-87-39(5)108)76(130)92-49(18-22-61(116)117)70(124)101-65(36(2)105)80(134)99-57(31-140-34-89-41(7)110)78(132)102-66(37(3)106)81(135)98-56(30-139-33-88-40(6)109)77(131)94-51(24-42-12-14-44(111)15-13-42)72(126)91-50(19-23-62(118)119)71(125)103-67(38(4)107)82(136)137/h8-15,28,35-38,46,48-57,64-67,86,104-107,111H,16-27,29-34,83H2,1-7H3,(H2,84,112)(H2,85,113)(H,87,108)(H,88,109)(H,89,110)(H,90,127)(H,91,126)(H,92,130)(H,93,122)(H,94,131)(H,95,129)(H,96,133)(H,97,128)(H,98,135)(H,99,134)(H,100,123)(H,101,124)(H,102,132)(H,103,125)(H,114,115)(H,116,117)(H,118,119)(H,120,121)(H,136,137)/t35-,36-,37-,38-,46+,48+,49+,50+,51+,52+,53+,54+,55+,56+,57+,64+,65+,66+,67+/m1/s1. The zero-order valence-corrected chi connectivity index (χ0v) is 79.1. The summed E-state index contributed by atoms with van der Waals surface area (Å²) in [5.74, 6) is -34.5. The summed E-state index contributed by atoms with van der Waals surface area (Å²) in [5.41, 5.74) is 18.1. The number of H-pyrrole nitrogens is 1. The molecule has 774 valence electrons. The lowest BCUT2D eigenvalue weighted by Crippen LogP contribution is -2.64. The number of benzene rings is 2. The fourth-order valence-corrected chi connectivity index (χ4v) is 15.2. The van der Waals surface area contributed by atoms with Crippen LogP contribution in [0.5, 0.6) is 5.75 Å². The largest absolute Gasteiger partial charge is 0.508 e. The van der Waals surface area contributed by atoms with Crippen LogP contribution in [0.15, 0.2) is 54.7 Å². The number of nitrogens with two attached hydrogens (primary N) is 3. The third-order valence-electron chi connectivity index (χ3n) is 19.9. The minimum Gasteiger partial charge on any atom is -0.508 e. The Morgan fingerprint density at radius 1 is 0.336 bits per heavy atom. The number of aliphatic hydroxyl groups is 4. The number of hydrogen-bond acceptors (Lipinski definition) is 33. The van der Waals surface area contributed by atoms with E-state index in [2.05, 4.69) is 79.4 Å². The molecule has 0 bridgehead atoms. The highest BCUT2D eigenvalue weighted by molar-refractivity contribution is 7.99. The molecule has 1 heterocycles. The van der Waals surface area contributed by atoms with Gasteiger partial charge in [-0.1, -0.05) is 30.3 Å². The summed E-state index contributed by atoms with van der Waals surface area (Å²) in [6.07, 6.45) is -15.4. The van der Waals surface area contributed by atoms with E-state index in [0.29, 0.717) is 28.2 Å². The Balaban J connectivity index is 2.05. The summed E-state index contributed by atoms with van der Waals surface area (Å²) in [7, 11) is 0. The van der Waals surface area contributed by atoms with Gasteiger partial charge in [-0.25, -0.2) is 4.79 Å². The number of amides is 19. The van der Waals surface area contributed by atoms with Crippen LogP contribution in [0.4, 0.5) is 0 Å². The number of para-hydroxylation sites is 1. The molecule has 58 heteroatoms. The van der Waals surface area contributed by atoms with Crippen LogP contribution >= 0.6 is 35.3 Å². The number of rotatable bonds is 65. The summed E-state index contributed by atoms with van der Waals surface area (Å²) in [6, 6.07) is -18.3. The van der Waals surface area contributed by atoms with E-state index < -0.39 is 339 Å². The van der Waals surface area contributed by atoms with Crippen molar-refractivity contribution in [2.75, 3.05) is 34.9 Å². The molecule has 55 nitrogen and oxygen atoms in total. The lowest BCUT2D eigenvalue weighted by Gasteiger charge is -2.29. The van der Waals surface area contributed by atoms with Gasteiger partial charge in [0.15, 0.2) is 6.04 Å². The van der Waals surface area contributed by atoms with Gasteiger partial charge in [0.2, 0.25) is 112 Å². The van der Waals surface area contributed by atoms with Crippen LogP contribution in [0.25, 0.3) is 10.9 Å². The Morgan fingerprint density at radius 3 is 1.01 bits per heavy atom. The number of phenols is 1. The van der Waals surface area contributed by atoms with Crippen LogP contribution in [0.2, 0.25) is 0 Å². The zero-order chi connectivity index (χ0) is 106. The van der Waals surface area contributed by atoms with Gasteiger partial charge < -0.3 is 164 Å². The van der Waals surface area contributed by atoms with Crippen molar-refractivity contribution in [1.82, 2.24) is 95.4 Å². The fourth-order valence-electron chi connectivity index (χ4n) is 12.5.